The van der Waals surface area contributed by atoms with E-state index in [1.165, 1.54) is 11.1 Å². The van der Waals surface area contributed by atoms with Crippen molar-refractivity contribution in [3.8, 4) is 0 Å². The first-order chi connectivity index (χ1) is 9.52. The number of benzene rings is 2. The predicted octanol–water partition coefficient (Wildman–Crippen LogP) is 3.91. The second-order valence-electron chi connectivity index (χ2n) is 4.96. The van der Waals surface area contributed by atoms with Crippen LogP contribution in [0.3, 0.4) is 0 Å². The van der Waals surface area contributed by atoms with E-state index < -0.39 is 0 Å². The zero-order chi connectivity index (χ0) is 14.7. The lowest BCUT2D eigenvalue weighted by Gasteiger charge is -2.12. The maximum atomic E-state index is 12.2. The van der Waals surface area contributed by atoms with Crippen LogP contribution in [0, 0.1) is 20.8 Å². The normalized spacial score (nSPS) is 10.2. The number of amides is 1. The van der Waals surface area contributed by atoms with Gasteiger partial charge in [0.15, 0.2) is 0 Å². The van der Waals surface area contributed by atoms with Crippen LogP contribution in [0.2, 0.25) is 0 Å². The van der Waals surface area contributed by atoms with Crippen LogP contribution in [0.4, 0.5) is 11.4 Å². The van der Waals surface area contributed by atoms with Gasteiger partial charge in [-0.15, -0.1) is 0 Å². The minimum atomic E-state index is -0.0843. The topological polar surface area (TPSA) is 41.1 Å². The van der Waals surface area contributed by atoms with E-state index in [1.807, 2.05) is 50.4 Å². The van der Waals surface area contributed by atoms with Gasteiger partial charge in [-0.3, -0.25) is 4.79 Å². The van der Waals surface area contributed by atoms with Gasteiger partial charge in [-0.1, -0.05) is 6.07 Å². The van der Waals surface area contributed by atoms with Crippen LogP contribution in [-0.4, -0.2) is 13.0 Å². The molecule has 20 heavy (non-hydrogen) atoms. The predicted molar refractivity (Wildman–Crippen MR) is 84.6 cm³/mol. The van der Waals surface area contributed by atoms with Crippen LogP contribution in [0.25, 0.3) is 0 Å². The molecule has 0 aromatic heterocycles. The molecular weight excluding hydrogens is 248 g/mol. The van der Waals surface area contributed by atoms with Gasteiger partial charge >= 0.3 is 0 Å². The molecule has 0 bridgehead atoms. The van der Waals surface area contributed by atoms with E-state index in [0.717, 1.165) is 16.9 Å². The van der Waals surface area contributed by atoms with Gasteiger partial charge in [0.2, 0.25) is 0 Å². The van der Waals surface area contributed by atoms with Crippen molar-refractivity contribution in [1.82, 2.24) is 0 Å². The zero-order valence-corrected chi connectivity index (χ0v) is 12.4. The monoisotopic (exact) mass is 268 g/mol. The lowest BCUT2D eigenvalue weighted by Crippen LogP contribution is -2.13. The largest absolute Gasteiger partial charge is 0.388 e. The SMILES string of the molecule is CNc1ccc(C(=O)Nc2ccc(C)c(C)c2C)cc1. The zero-order valence-electron chi connectivity index (χ0n) is 12.4. The first-order valence-corrected chi connectivity index (χ1v) is 6.69. The number of anilines is 2. The van der Waals surface area contributed by atoms with E-state index in [1.54, 1.807) is 0 Å². The van der Waals surface area contributed by atoms with Gasteiger partial charge in [0, 0.05) is 24.0 Å². The third-order valence-corrected chi connectivity index (χ3v) is 3.74. The fourth-order valence-corrected chi connectivity index (χ4v) is 2.07. The molecule has 3 heteroatoms. The lowest BCUT2D eigenvalue weighted by atomic mass is 10.0. The highest BCUT2D eigenvalue weighted by molar-refractivity contribution is 6.04. The minimum Gasteiger partial charge on any atom is -0.388 e. The number of aryl methyl sites for hydroxylation is 1. The Kier molecular flexibility index (Phi) is 4.08. The summed E-state index contributed by atoms with van der Waals surface area (Å²) in [5.74, 6) is -0.0843. The molecule has 3 nitrogen and oxygen atoms in total. The van der Waals surface area contributed by atoms with Crippen molar-refractivity contribution in [3.05, 3.63) is 58.7 Å². The second kappa shape index (κ2) is 5.78. The molecule has 0 atom stereocenters. The Bertz CT molecular complexity index is 630. The molecule has 0 unspecified atom stereocenters. The van der Waals surface area contributed by atoms with Gasteiger partial charge in [0.25, 0.3) is 5.91 Å². The third-order valence-electron chi connectivity index (χ3n) is 3.74. The summed E-state index contributed by atoms with van der Waals surface area (Å²) in [5, 5.41) is 6.01. The second-order valence-corrected chi connectivity index (χ2v) is 4.96. The number of hydrogen-bond donors (Lipinski definition) is 2. The van der Waals surface area contributed by atoms with E-state index in [9.17, 15) is 4.79 Å². The van der Waals surface area contributed by atoms with Gasteiger partial charge in [0.05, 0.1) is 0 Å². The molecule has 0 aliphatic heterocycles. The van der Waals surface area contributed by atoms with E-state index in [2.05, 4.69) is 24.5 Å². The Morgan fingerprint density at radius 2 is 1.55 bits per heavy atom. The van der Waals surface area contributed by atoms with Gasteiger partial charge in [0.1, 0.15) is 0 Å². The maximum absolute atomic E-state index is 12.2. The van der Waals surface area contributed by atoms with Crippen molar-refractivity contribution in [3.63, 3.8) is 0 Å². The molecule has 0 fully saturated rings. The highest BCUT2D eigenvalue weighted by Crippen LogP contribution is 2.22. The molecule has 2 N–H and O–H groups in total. The van der Waals surface area contributed by atoms with E-state index >= 15 is 0 Å². The molecule has 0 radical (unpaired) electrons. The highest BCUT2D eigenvalue weighted by atomic mass is 16.1. The van der Waals surface area contributed by atoms with Crippen molar-refractivity contribution in [2.45, 2.75) is 20.8 Å². The maximum Gasteiger partial charge on any atom is 0.255 e. The summed E-state index contributed by atoms with van der Waals surface area (Å²) < 4.78 is 0. The average molecular weight is 268 g/mol. The molecule has 1 amide bonds. The quantitative estimate of drug-likeness (QED) is 0.886. The number of rotatable bonds is 3. The summed E-state index contributed by atoms with van der Waals surface area (Å²) in [6.45, 7) is 6.18. The van der Waals surface area contributed by atoms with Crippen LogP contribution < -0.4 is 10.6 Å². The van der Waals surface area contributed by atoms with Crippen LogP contribution in [0.5, 0.6) is 0 Å². The molecule has 0 saturated heterocycles. The minimum absolute atomic E-state index is 0.0843. The molecule has 0 spiro atoms. The fourth-order valence-electron chi connectivity index (χ4n) is 2.07. The number of nitrogens with one attached hydrogen (secondary N) is 2. The summed E-state index contributed by atoms with van der Waals surface area (Å²) >= 11 is 0. The van der Waals surface area contributed by atoms with Crippen LogP contribution >= 0.6 is 0 Å². The van der Waals surface area contributed by atoms with Crippen molar-refractivity contribution < 1.29 is 4.79 Å². The highest BCUT2D eigenvalue weighted by Gasteiger charge is 2.09. The third kappa shape index (κ3) is 2.82. The first kappa shape index (κ1) is 14.1. The van der Waals surface area contributed by atoms with Crippen molar-refractivity contribution in [2.75, 3.05) is 17.7 Å². The van der Waals surface area contributed by atoms with Crippen LogP contribution in [0.1, 0.15) is 27.0 Å². The Morgan fingerprint density at radius 3 is 2.15 bits per heavy atom. The molecule has 0 aliphatic rings. The van der Waals surface area contributed by atoms with Gasteiger partial charge in [-0.25, -0.2) is 0 Å². The molecular formula is C17H20N2O. The molecule has 2 aromatic carbocycles. The number of hydrogen-bond acceptors (Lipinski definition) is 2. The molecule has 2 rings (SSSR count). The summed E-state index contributed by atoms with van der Waals surface area (Å²) in [7, 11) is 1.85. The summed E-state index contributed by atoms with van der Waals surface area (Å²) in [5.41, 5.74) is 6.08. The van der Waals surface area contributed by atoms with Crippen molar-refractivity contribution in [2.24, 2.45) is 0 Å². The molecule has 0 heterocycles. The Hall–Kier alpha value is -2.29. The van der Waals surface area contributed by atoms with Gasteiger partial charge < -0.3 is 10.6 Å². The number of carbonyl (C=O) groups excluding carboxylic acids is 1. The van der Waals surface area contributed by atoms with Crippen LogP contribution in [0.15, 0.2) is 36.4 Å². The Morgan fingerprint density at radius 1 is 0.900 bits per heavy atom. The van der Waals surface area contributed by atoms with Crippen molar-refractivity contribution >= 4 is 17.3 Å². The molecule has 104 valence electrons. The van der Waals surface area contributed by atoms with Crippen LogP contribution in [-0.2, 0) is 0 Å². The standard InChI is InChI=1S/C17H20N2O/c1-11-5-10-16(13(3)12(11)2)19-17(20)14-6-8-15(18-4)9-7-14/h5-10,18H,1-4H3,(H,19,20). The van der Waals surface area contributed by atoms with Gasteiger partial charge in [-0.05, 0) is 67.8 Å². The summed E-state index contributed by atoms with van der Waals surface area (Å²) in [6.07, 6.45) is 0. The first-order valence-electron chi connectivity index (χ1n) is 6.69. The summed E-state index contributed by atoms with van der Waals surface area (Å²) in [4.78, 5) is 12.2. The average Bonchev–Trinajstić information content (AvgIpc) is 2.48. The Balaban J connectivity index is 2.21. The molecule has 0 saturated carbocycles. The smallest absolute Gasteiger partial charge is 0.255 e. The van der Waals surface area contributed by atoms with Crippen molar-refractivity contribution in [1.29, 1.82) is 0 Å². The fraction of sp³-hybridized carbons (Fsp3) is 0.235. The summed E-state index contributed by atoms with van der Waals surface area (Å²) in [6, 6.07) is 11.4. The molecule has 2 aromatic rings. The van der Waals surface area contributed by atoms with E-state index in [4.69, 9.17) is 0 Å². The van der Waals surface area contributed by atoms with E-state index in [0.29, 0.717) is 5.56 Å². The Labute approximate surface area is 120 Å². The van der Waals surface area contributed by atoms with Gasteiger partial charge in [-0.2, -0.15) is 0 Å². The number of carbonyl (C=O) groups is 1. The molecule has 0 aliphatic carbocycles. The van der Waals surface area contributed by atoms with E-state index in [-0.39, 0.29) is 5.91 Å². The lowest BCUT2D eigenvalue weighted by molar-refractivity contribution is 0.102.